The number of furan rings is 1. The third kappa shape index (κ3) is 2.53. The van der Waals surface area contributed by atoms with Crippen molar-refractivity contribution in [1.82, 2.24) is 10.2 Å². The first-order valence-electron chi connectivity index (χ1n) is 8.29. The molecule has 2 aliphatic carbocycles. The van der Waals surface area contributed by atoms with Gasteiger partial charge in [-0.3, -0.25) is 9.59 Å². The highest BCUT2D eigenvalue weighted by atomic mass is 16.3. The van der Waals surface area contributed by atoms with Crippen molar-refractivity contribution >= 4 is 11.8 Å². The summed E-state index contributed by atoms with van der Waals surface area (Å²) in [6, 6.07) is 4.02. The largest absolute Gasteiger partial charge is 0.467 e. The van der Waals surface area contributed by atoms with E-state index in [-0.39, 0.29) is 17.7 Å². The first-order valence-corrected chi connectivity index (χ1v) is 8.29. The topological polar surface area (TPSA) is 62.6 Å². The molecular weight excluding hydrogens is 280 g/mol. The van der Waals surface area contributed by atoms with Crippen molar-refractivity contribution in [3.05, 3.63) is 24.2 Å². The molecule has 118 valence electrons. The number of likely N-dealkylation sites (tertiary alicyclic amines) is 1. The van der Waals surface area contributed by atoms with Gasteiger partial charge >= 0.3 is 0 Å². The van der Waals surface area contributed by atoms with Crippen molar-refractivity contribution in [2.75, 3.05) is 6.54 Å². The Labute approximate surface area is 130 Å². The Kier molecular flexibility index (Phi) is 3.43. The lowest BCUT2D eigenvalue weighted by Crippen LogP contribution is -2.42. The fraction of sp³-hybridized carbons (Fsp3) is 0.647. The lowest BCUT2D eigenvalue weighted by Gasteiger charge is -2.24. The molecular formula is C17H22N2O3. The summed E-state index contributed by atoms with van der Waals surface area (Å²) in [6.45, 7) is 0.968. The Morgan fingerprint density at radius 2 is 2.27 bits per heavy atom. The third-order valence-corrected chi connectivity index (χ3v) is 5.58. The summed E-state index contributed by atoms with van der Waals surface area (Å²) in [7, 11) is 0. The molecule has 2 amide bonds. The van der Waals surface area contributed by atoms with Crippen LogP contribution in [0.15, 0.2) is 22.8 Å². The standard InChI is InChI=1S/C17H22N2O3/c20-16-8-13(9-19(16)10-14-2-1-5-22-14)17(21)18-15-7-11-3-4-12(15)6-11/h1-2,5,11-13,15H,3-4,6-10H2,(H,18,21). The van der Waals surface area contributed by atoms with Gasteiger partial charge in [-0.2, -0.15) is 0 Å². The van der Waals surface area contributed by atoms with Crippen molar-refractivity contribution < 1.29 is 14.0 Å². The van der Waals surface area contributed by atoms with Gasteiger partial charge in [-0.05, 0) is 43.2 Å². The van der Waals surface area contributed by atoms with E-state index in [9.17, 15) is 9.59 Å². The third-order valence-electron chi connectivity index (χ3n) is 5.58. The summed E-state index contributed by atoms with van der Waals surface area (Å²) in [4.78, 5) is 26.3. The number of amides is 2. The molecule has 0 spiro atoms. The Hall–Kier alpha value is -1.78. The quantitative estimate of drug-likeness (QED) is 0.924. The maximum absolute atomic E-state index is 12.5. The first kappa shape index (κ1) is 13.9. The Balaban J connectivity index is 1.33. The van der Waals surface area contributed by atoms with Crippen LogP contribution in [0.2, 0.25) is 0 Å². The van der Waals surface area contributed by atoms with Gasteiger partial charge in [0.25, 0.3) is 0 Å². The zero-order valence-corrected chi connectivity index (χ0v) is 12.7. The van der Waals surface area contributed by atoms with Crippen molar-refractivity contribution in [2.24, 2.45) is 17.8 Å². The van der Waals surface area contributed by atoms with Crippen LogP contribution in [0, 0.1) is 17.8 Å². The van der Waals surface area contributed by atoms with Gasteiger partial charge < -0.3 is 14.6 Å². The van der Waals surface area contributed by atoms with E-state index in [0.717, 1.165) is 18.1 Å². The van der Waals surface area contributed by atoms with Crippen LogP contribution in [0.25, 0.3) is 0 Å². The molecule has 1 aliphatic heterocycles. The van der Waals surface area contributed by atoms with E-state index in [2.05, 4.69) is 5.32 Å². The van der Waals surface area contributed by atoms with Crippen molar-refractivity contribution in [1.29, 1.82) is 0 Å². The number of nitrogens with zero attached hydrogens (tertiary/aromatic N) is 1. The molecule has 1 aromatic rings. The molecule has 2 bridgehead atoms. The highest BCUT2D eigenvalue weighted by Crippen LogP contribution is 2.44. The molecule has 3 aliphatic rings. The van der Waals surface area contributed by atoms with Crippen molar-refractivity contribution in [2.45, 2.75) is 44.7 Å². The zero-order chi connectivity index (χ0) is 15.1. The number of fused-ring (bicyclic) bond motifs is 2. The van der Waals surface area contributed by atoms with Gasteiger partial charge in [0.1, 0.15) is 5.76 Å². The second-order valence-corrected chi connectivity index (χ2v) is 7.04. The summed E-state index contributed by atoms with van der Waals surface area (Å²) < 4.78 is 5.29. The van der Waals surface area contributed by atoms with Crippen molar-refractivity contribution in [3.8, 4) is 0 Å². The first-order chi connectivity index (χ1) is 10.7. The minimum Gasteiger partial charge on any atom is -0.467 e. The fourth-order valence-corrected chi connectivity index (χ4v) is 4.41. The molecule has 2 saturated carbocycles. The van der Waals surface area contributed by atoms with Crippen LogP contribution in [0.1, 0.15) is 37.9 Å². The lowest BCUT2D eigenvalue weighted by atomic mass is 9.94. The number of hydrogen-bond acceptors (Lipinski definition) is 3. The Morgan fingerprint density at radius 1 is 1.36 bits per heavy atom. The number of carbonyl (C=O) groups excluding carboxylic acids is 2. The maximum Gasteiger partial charge on any atom is 0.225 e. The van der Waals surface area contributed by atoms with Crippen LogP contribution >= 0.6 is 0 Å². The molecule has 5 nitrogen and oxygen atoms in total. The monoisotopic (exact) mass is 302 g/mol. The summed E-state index contributed by atoms with van der Waals surface area (Å²) >= 11 is 0. The Bertz CT molecular complexity index is 568. The maximum atomic E-state index is 12.5. The average molecular weight is 302 g/mol. The van der Waals surface area contributed by atoms with Crippen LogP contribution < -0.4 is 5.32 Å². The molecule has 0 aromatic carbocycles. The highest BCUT2D eigenvalue weighted by molar-refractivity contribution is 5.89. The van der Waals surface area contributed by atoms with E-state index in [1.54, 1.807) is 11.2 Å². The predicted molar refractivity (Wildman–Crippen MR) is 79.6 cm³/mol. The van der Waals surface area contributed by atoms with E-state index in [0.29, 0.717) is 31.5 Å². The number of rotatable bonds is 4. The van der Waals surface area contributed by atoms with Crippen LogP contribution in [-0.2, 0) is 16.1 Å². The van der Waals surface area contributed by atoms with E-state index < -0.39 is 0 Å². The SMILES string of the molecule is O=C(NC1CC2CCC1C2)C1CC(=O)N(Cc2ccco2)C1. The van der Waals surface area contributed by atoms with Gasteiger partial charge in [-0.1, -0.05) is 6.42 Å². The predicted octanol–water partition coefficient (Wildman–Crippen LogP) is 1.93. The minimum absolute atomic E-state index is 0.0458. The molecule has 0 radical (unpaired) electrons. The van der Waals surface area contributed by atoms with Gasteiger partial charge in [-0.15, -0.1) is 0 Å². The molecule has 1 N–H and O–H groups in total. The van der Waals surface area contributed by atoms with Crippen LogP contribution in [0.5, 0.6) is 0 Å². The van der Waals surface area contributed by atoms with Gasteiger partial charge in [-0.25, -0.2) is 0 Å². The molecule has 22 heavy (non-hydrogen) atoms. The van der Waals surface area contributed by atoms with Gasteiger partial charge in [0.2, 0.25) is 11.8 Å². The summed E-state index contributed by atoms with van der Waals surface area (Å²) in [5, 5.41) is 3.21. The molecule has 2 heterocycles. The zero-order valence-electron chi connectivity index (χ0n) is 12.7. The molecule has 1 aromatic heterocycles. The second-order valence-electron chi connectivity index (χ2n) is 7.04. The Morgan fingerprint density at radius 3 is 2.95 bits per heavy atom. The van der Waals surface area contributed by atoms with Crippen LogP contribution in [-0.4, -0.2) is 29.3 Å². The van der Waals surface area contributed by atoms with Crippen LogP contribution in [0.3, 0.4) is 0 Å². The number of carbonyl (C=O) groups is 2. The van der Waals surface area contributed by atoms with Gasteiger partial charge in [0.05, 0.1) is 18.7 Å². The van der Waals surface area contributed by atoms with E-state index in [4.69, 9.17) is 4.42 Å². The normalized spacial score (nSPS) is 33.6. The minimum atomic E-state index is -0.207. The smallest absolute Gasteiger partial charge is 0.225 e. The van der Waals surface area contributed by atoms with Gasteiger partial charge in [0.15, 0.2) is 0 Å². The molecule has 3 fully saturated rings. The summed E-state index contributed by atoms with van der Waals surface area (Å²) in [5.41, 5.74) is 0. The highest BCUT2D eigenvalue weighted by Gasteiger charge is 2.42. The molecule has 4 atom stereocenters. The fourth-order valence-electron chi connectivity index (χ4n) is 4.41. The molecule has 4 rings (SSSR count). The second kappa shape index (κ2) is 5.45. The van der Waals surface area contributed by atoms with Crippen molar-refractivity contribution in [3.63, 3.8) is 0 Å². The van der Waals surface area contributed by atoms with E-state index in [1.807, 2.05) is 12.1 Å². The lowest BCUT2D eigenvalue weighted by molar-refractivity contribution is -0.129. The number of nitrogens with one attached hydrogen (secondary N) is 1. The van der Waals surface area contributed by atoms with E-state index in [1.165, 1.54) is 19.3 Å². The summed E-state index contributed by atoms with van der Waals surface area (Å²) in [6.07, 6.45) is 6.93. The van der Waals surface area contributed by atoms with Crippen LogP contribution in [0.4, 0.5) is 0 Å². The molecule has 5 heteroatoms. The molecule has 1 saturated heterocycles. The summed E-state index contributed by atoms with van der Waals surface area (Å²) in [5.74, 6) is 2.16. The molecule has 4 unspecified atom stereocenters. The average Bonchev–Trinajstić information content (AvgIpc) is 3.25. The van der Waals surface area contributed by atoms with Gasteiger partial charge in [0, 0.05) is 19.0 Å². The number of hydrogen-bond donors (Lipinski definition) is 1. The van der Waals surface area contributed by atoms with E-state index >= 15 is 0 Å².